The number of hydrogen-bond donors (Lipinski definition) is 2. The van der Waals surface area contributed by atoms with Gasteiger partial charge in [-0.05, 0) is 43.3 Å². The van der Waals surface area contributed by atoms with Crippen molar-refractivity contribution < 1.29 is 14.6 Å². The number of nitrogens with zero attached hydrogens (tertiary/aromatic N) is 2. The van der Waals surface area contributed by atoms with Crippen LogP contribution in [0.1, 0.15) is 17.4 Å². The Labute approximate surface area is 132 Å². The molecule has 23 heavy (non-hydrogen) atoms. The maximum Gasteiger partial charge on any atom is 0.360 e. The zero-order chi connectivity index (χ0) is 16.2. The summed E-state index contributed by atoms with van der Waals surface area (Å²) in [6.07, 6.45) is 0. The summed E-state index contributed by atoms with van der Waals surface area (Å²) >= 11 is 0. The predicted octanol–water partition coefficient (Wildman–Crippen LogP) is 3.26. The van der Waals surface area contributed by atoms with Gasteiger partial charge in [0, 0.05) is 5.69 Å². The van der Waals surface area contributed by atoms with Gasteiger partial charge in [0.15, 0.2) is 11.5 Å². The predicted molar refractivity (Wildman–Crippen MR) is 86.9 cm³/mol. The van der Waals surface area contributed by atoms with Gasteiger partial charge in [0.05, 0.1) is 17.6 Å². The summed E-state index contributed by atoms with van der Waals surface area (Å²) in [6.45, 7) is 1.99. The number of benzene rings is 2. The van der Waals surface area contributed by atoms with Crippen LogP contribution >= 0.6 is 0 Å². The minimum atomic E-state index is -0.535. The fraction of sp³-hybridized carbons (Fsp3) is 0.118. The lowest BCUT2D eigenvalue weighted by atomic mass is 10.2. The average Bonchev–Trinajstić information content (AvgIpc) is 2.56. The molecule has 0 fully saturated rings. The van der Waals surface area contributed by atoms with Crippen molar-refractivity contribution in [2.45, 2.75) is 6.92 Å². The average molecular weight is 309 g/mol. The first-order valence-electron chi connectivity index (χ1n) is 7.17. The molecular formula is C17H15N3O3. The quantitative estimate of drug-likeness (QED) is 0.568. The van der Waals surface area contributed by atoms with Gasteiger partial charge in [-0.25, -0.2) is 14.8 Å². The second-order valence-corrected chi connectivity index (χ2v) is 4.80. The number of para-hydroxylation sites is 2. The van der Waals surface area contributed by atoms with Crippen LogP contribution in [-0.4, -0.2) is 27.7 Å². The number of phenols is 1. The zero-order valence-electron chi connectivity index (χ0n) is 12.5. The fourth-order valence-electron chi connectivity index (χ4n) is 2.11. The van der Waals surface area contributed by atoms with Crippen molar-refractivity contribution in [3.63, 3.8) is 0 Å². The minimum Gasteiger partial charge on any atom is -0.508 e. The van der Waals surface area contributed by atoms with Crippen LogP contribution in [0.15, 0.2) is 48.5 Å². The van der Waals surface area contributed by atoms with Crippen LogP contribution in [0.25, 0.3) is 11.0 Å². The van der Waals surface area contributed by atoms with E-state index in [1.54, 1.807) is 37.3 Å². The Balaban J connectivity index is 2.06. The normalized spacial score (nSPS) is 10.5. The maximum absolute atomic E-state index is 12.1. The minimum absolute atomic E-state index is 0.124. The first-order valence-corrected chi connectivity index (χ1v) is 7.17. The molecule has 1 aromatic heterocycles. The zero-order valence-corrected chi connectivity index (χ0v) is 12.5. The molecule has 0 atom stereocenters. The Bertz CT molecular complexity index is 847. The molecule has 0 spiro atoms. The number of fused-ring (bicyclic) bond motifs is 1. The van der Waals surface area contributed by atoms with Gasteiger partial charge in [0.1, 0.15) is 5.75 Å². The van der Waals surface area contributed by atoms with Gasteiger partial charge >= 0.3 is 5.97 Å². The molecule has 1 heterocycles. The summed E-state index contributed by atoms with van der Waals surface area (Å²) in [5.41, 5.74) is 2.09. The van der Waals surface area contributed by atoms with E-state index in [0.29, 0.717) is 22.5 Å². The third-order valence-corrected chi connectivity index (χ3v) is 3.17. The number of anilines is 2. The Morgan fingerprint density at radius 1 is 1.09 bits per heavy atom. The highest BCUT2D eigenvalue weighted by molar-refractivity contribution is 5.96. The van der Waals surface area contributed by atoms with Crippen molar-refractivity contribution in [1.82, 2.24) is 9.97 Å². The Kier molecular flexibility index (Phi) is 4.05. The van der Waals surface area contributed by atoms with Crippen LogP contribution in [0.5, 0.6) is 5.75 Å². The van der Waals surface area contributed by atoms with Gasteiger partial charge < -0.3 is 15.2 Å². The van der Waals surface area contributed by atoms with E-state index in [-0.39, 0.29) is 18.1 Å². The number of hydrogen-bond acceptors (Lipinski definition) is 6. The van der Waals surface area contributed by atoms with Gasteiger partial charge in [-0.2, -0.15) is 0 Å². The molecule has 3 rings (SSSR count). The van der Waals surface area contributed by atoms with Crippen molar-refractivity contribution in [2.24, 2.45) is 0 Å². The molecule has 0 radical (unpaired) electrons. The van der Waals surface area contributed by atoms with Gasteiger partial charge in [-0.3, -0.25) is 0 Å². The van der Waals surface area contributed by atoms with Crippen LogP contribution in [0.2, 0.25) is 0 Å². The summed E-state index contributed by atoms with van der Waals surface area (Å²) in [4.78, 5) is 21.0. The van der Waals surface area contributed by atoms with Gasteiger partial charge in [-0.1, -0.05) is 12.1 Å². The van der Waals surface area contributed by atoms with E-state index in [2.05, 4.69) is 15.3 Å². The second-order valence-electron chi connectivity index (χ2n) is 4.80. The van der Waals surface area contributed by atoms with Gasteiger partial charge in [-0.15, -0.1) is 0 Å². The van der Waals surface area contributed by atoms with Crippen LogP contribution < -0.4 is 5.32 Å². The molecule has 2 aromatic carbocycles. The maximum atomic E-state index is 12.1. The smallest absolute Gasteiger partial charge is 0.360 e. The van der Waals surface area contributed by atoms with Crippen molar-refractivity contribution in [3.8, 4) is 5.75 Å². The summed E-state index contributed by atoms with van der Waals surface area (Å²) in [7, 11) is 0. The van der Waals surface area contributed by atoms with Crippen LogP contribution in [0.3, 0.4) is 0 Å². The lowest BCUT2D eigenvalue weighted by molar-refractivity contribution is 0.0521. The van der Waals surface area contributed by atoms with Crippen molar-refractivity contribution in [1.29, 1.82) is 0 Å². The molecular weight excluding hydrogens is 294 g/mol. The molecule has 6 nitrogen and oxygen atoms in total. The summed E-state index contributed by atoms with van der Waals surface area (Å²) in [6, 6.07) is 13.7. The number of rotatable bonds is 4. The second kappa shape index (κ2) is 6.31. The number of esters is 1. The molecule has 0 saturated heterocycles. The molecule has 6 heteroatoms. The van der Waals surface area contributed by atoms with Crippen LogP contribution in [-0.2, 0) is 4.74 Å². The first kappa shape index (κ1) is 14.8. The van der Waals surface area contributed by atoms with E-state index in [1.165, 1.54) is 0 Å². The summed E-state index contributed by atoms with van der Waals surface area (Å²) in [5.74, 6) is -0.0642. The van der Waals surface area contributed by atoms with E-state index >= 15 is 0 Å². The Hall–Kier alpha value is -3.15. The van der Waals surface area contributed by atoms with E-state index in [4.69, 9.17) is 4.74 Å². The van der Waals surface area contributed by atoms with Crippen LogP contribution in [0.4, 0.5) is 11.5 Å². The number of aromatic nitrogens is 2. The lowest BCUT2D eigenvalue weighted by Crippen LogP contribution is -2.12. The number of nitrogens with one attached hydrogen (secondary N) is 1. The molecule has 0 saturated carbocycles. The number of carbonyl (C=O) groups excluding carboxylic acids is 1. The molecule has 3 aromatic rings. The molecule has 116 valence electrons. The molecule has 2 N–H and O–H groups in total. The molecule has 0 bridgehead atoms. The number of ether oxygens (including phenoxy) is 1. The Morgan fingerprint density at radius 3 is 2.39 bits per heavy atom. The first-order chi connectivity index (χ1) is 11.2. The van der Waals surface area contributed by atoms with Gasteiger partial charge in [0.2, 0.25) is 0 Å². The lowest BCUT2D eigenvalue weighted by Gasteiger charge is -2.11. The number of aromatic hydroxyl groups is 1. The third-order valence-electron chi connectivity index (χ3n) is 3.17. The van der Waals surface area contributed by atoms with Crippen molar-refractivity contribution >= 4 is 28.5 Å². The van der Waals surface area contributed by atoms with Gasteiger partial charge in [0.25, 0.3) is 0 Å². The number of phenolic OH excluding ortho intramolecular Hbond substituents is 1. The molecule has 0 aliphatic heterocycles. The highest BCUT2D eigenvalue weighted by Gasteiger charge is 2.17. The molecule has 0 unspecified atom stereocenters. The topological polar surface area (TPSA) is 84.3 Å². The standard InChI is InChI=1S/C17H15N3O3/c1-2-23-17(22)15-16(18-11-7-9-12(21)10-8-11)20-14-6-4-3-5-13(14)19-15/h3-10,21H,2H2,1H3,(H,18,20). The summed E-state index contributed by atoms with van der Waals surface area (Å²) < 4.78 is 5.05. The highest BCUT2D eigenvalue weighted by Crippen LogP contribution is 2.23. The highest BCUT2D eigenvalue weighted by atomic mass is 16.5. The van der Waals surface area contributed by atoms with E-state index in [0.717, 1.165) is 0 Å². The van der Waals surface area contributed by atoms with E-state index in [1.807, 2.05) is 18.2 Å². The van der Waals surface area contributed by atoms with Crippen molar-refractivity contribution in [2.75, 3.05) is 11.9 Å². The molecule has 0 amide bonds. The van der Waals surface area contributed by atoms with Crippen molar-refractivity contribution in [3.05, 3.63) is 54.2 Å². The third kappa shape index (κ3) is 3.21. The van der Waals surface area contributed by atoms with E-state index < -0.39 is 5.97 Å². The fourth-order valence-corrected chi connectivity index (χ4v) is 2.11. The largest absolute Gasteiger partial charge is 0.508 e. The summed E-state index contributed by atoms with van der Waals surface area (Å²) in [5, 5.41) is 12.4. The van der Waals surface area contributed by atoms with E-state index in [9.17, 15) is 9.90 Å². The number of carbonyl (C=O) groups is 1. The van der Waals surface area contributed by atoms with Crippen LogP contribution in [0, 0.1) is 0 Å². The molecule has 0 aliphatic rings. The Morgan fingerprint density at radius 2 is 1.74 bits per heavy atom. The monoisotopic (exact) mass is 309 g/mol. The SMILES string of the molecule is CCOC(=O)c1nc2ccccc2nc1Nc1ccc(O)cc1. The molecule has 0 aliphatic carbocycles.